The van der Waals surface area contributed by atoms with Crippen molar-refractivity contribution in [2.45, 2.75) is 49.2 Å². The maximum atomic E-state index is 12.7. The Kier molecular flexibility index (Phi) is 4.61. The quantitative estimate of drug-likeness (QED) is 0.633. The Bertz CT molecular complexity index is 1010. The molecular formula is C22H21F3N4O. The van der Waals surface area contributed by atoms with Gasteiger partial charge in [0.25, 0.3) is 5.89 Å². The Labute approximate surface area is 171 Å². The van der Waals surface area contributed by atoms with Crippen LogP contribution in [-0.2, 0) is 11.6 Å². The SMILES string of the molecule is FC(F)(F)c1ccc(-c2nc(C3(CNC4CC4c4ccccc4)CCC3)no2)cn1. The maximum Gasteiger partial charge on any atom is 0.433 e. The molecule has 2 atom stereocenters. The number of nitrogens with zero attached hydrogens (tertiary/aromatic N) is 3. The van der Waals surface area contributed by atoms with Gasteiger partial charge in [-0.2, -0.15) is 18.2 Å². The van der Waals surface area contributed by atoms with E-state index in [-0.39, 0.29) is 11.3 Å². The van der Waals surface area contributed by atoms with E-state index in [1.807, 2.05) is 6.07 Å². The van der Waals surface area contributed by atoms with Crippen LogP contribution in [0.3, 0.4) is 0 Å². The largest absolute Gasteiger partial charge is 0.433 e. The smallest absolute Gasteiger partial charge is 0.334 e. The molecule has 2 heterocycles. The standard InChI is InChI=1S/C22H21F3N4O/c23-22(24,25)18-8-7-15(12-26-18)19-28-20(29-30-19)21(9-4-10-21)13-27-17-11-16(17)14-5-2-1-3-6-14/h1-3,5-8,12,16-17,27H,4,9-11,13H2. The van der Waals surface area contributed by atoms with Crippen molar-refractivity contribution in [3.63, 3.8) is 0 Å². The molecule has 2 aromatic heterocycles. The lowest BCUT2D eigenvalue weighted by atomic mass is 9.68. The van der Waals surface area contributed by atoms with E-state index in [2.05, 4.69) is 44.7 Å². The number of rotatable bonds is 6. The van der Waals surface area contributed by atoms with Gasteiger partial charge in [0.2, 0.25) is 0 Å². The number of benzene rings is 1. The second-order valence-corrected chi connectivity index (χ2v) is 8.23. The summed E-state index contributed by atoms with van der Waals surface area (Å²) in [6, 6.07) is 13.2. The zero-order chi connectivity index (χ0) is 20.8. The minimum Gasteiger partial charge on any atom is -0.334 e. The van der Waals surface area contributed by atoms with Gasteiger partial charge in [-0.15, -0.1) is 0 Å². The van der Waals surface area contributed by atoms with Crippen LogP contribution in [-0.4, -0.2) is 27.7 Å². The van der Waals surface area contributed by atoms with Gasteiger partial charge in [-0.1, -0.05) is 41.9 Å². The Morgan fingerprint density at radius 3 is 2.53 bits per heavy atom. The highest BCUT2D eigenvalue weighted by molar-refractivity contribution is 5.51. The van der Waals surface area contributed by atoms with E-state index in [9.17, 15) is 13.2 Å². The van der Waals surface area contributed by atoms with Crippen LogP contribution in [0.25, 0.3) is 11.5 Å². The van der Waals surface area contributed by atoms with Crippen molar-refractivity contribution in [1.29, 1.82) is 0 Å². The first-order valence-electron chi connectivity index (χ1n) is 10.1. The van der Waals surface area contributed by atoms with Gasteiger partial charge in [0.15, 0.2) is 5.82 Å². The van der Waals surface area contributed by atoms with Crippen molar-refractivity contribution in [3.05, 3.63) is 65.7 Å². The van der Waals surface area contributed by atoms with E-state index in [0.717, 1.165) is 44.5 Å². The van der Waals surface area contributed by atoms with Gasteiger partial charge in [0, 0.05) is 30.1 Å². The molecule has 2 unspecified atom stereocenters. The van der Waals surface area contributed by atoms with Crippen LogP contribution in [0, 0.1) is 0 Å². The van der Waals surface area contributed by atoms with Gasteiger partial charge in [-0.25, -0.2) is 0 Å². The average molecular weight is 414 g/mol. The minimum absolute atomic E-state index is 0.176. The normalized spacial score (nSPS) is 22.5. The van der Waals surface area contributed by atoms with Crippen molar-refractivity contribution < 1.29 is 17.7 Å². The topological polar surface area (TPSA) is 63.8 Å². The highest BCUT2D eigenvalue weighted by Gasteiger charge is 2.46. The van der Waals surface area contributed by atoms with Crippen molar-refractivity contribution in [2.75, 3.05) is 6.54 Å². The summed E-state index contributed by atoms with van der Waals surface area (Å²) in [7, 11) is 0. The van der Waals surface area contributed by atoms with Crippen LogP contribution < -0.4 is 5.32 Å². The summed E-state index contributed by atoms with van der Waals surface area (Å²) < 4.78 is 43.5. The number of nitrogens with one attached hydrogen (secondary N) is 1. The maximum absolute atomic E-state index is 12.7. The van der Waals surface area contributed by atoms with E-state index in [1.54, 1.807) is 0 Å². The molecule has 2 saturated carbocycles. The molecule has 1 aromatic carbocycles. The van der Waals surface area contributed by atoms with Gasteiger partial charge in [-0.3, -0.25) is 4.98 Å². The molecular weight excluding hydrogens is 393 g/mol. The lowest BCUT2D eigenvalue weighted by molar-refractivity contribution is -0.141. The van der Waals surface area contributed by atoms with Crippen molar-refractivity contribution in [2.24, 2.45) is 0 Å². The highest BCUT2D eigenvalue weighted by Crippen LogP contribution is 2.45. The average Bonchev–Trinajstić information content (AvgIpc) is 3.33. The Balaban J connectivity index is 1.26. The molecule has 0 radical (unpaired) electrons. The second kappa shape index (κ2) is 7.19. The van der Waals surface area contributed by atoms with E-state index in [1.165, 1.54) is 11.6 Å². The van der Waals surface area contributed by atoms with Crippen molar-refractivity contribution in [1.82, 2.24) is 20.4 Å². The molecule has 0 bridgehead atoms. The molecule has 5 rings (SSSR count). The first-order valence-corrected chi connectivity index (χ1v) is 10.1. The molecule has 2 aliphatic carbocycles. The fourth-order valence-corrected chi connectivity index (χ4v) is 4.14. The molecule has 2 fully saturated rings. The highest BCUT2D eigenvalue weighted by atomic mass is 19.4. The van der Waals surface area contributed by atoms with Gasteiger partial charge >= 0.3 is 6.18 Å². The summed E-state index contributed by atoms with van der Waals surface area (Å²) in [5.41, 5.74) is 0.623. The summed E-state index contributed by atoms with van der Waals surface area (Å²) in [5, 5.41) is 7.82. The number of hydrogen-bond acceptors (Lipinski definition) is 5. The van der Waals surface area contributed by atoms with Crippen LogP contribution in [0.4, 0.5) is 13.2 Å². The molecule has 8 heteroatoms. The molecule has 0 aliphatic heterocycles. The number of pyridine rings is 1. The van der Waals surface area contributed by atoms with Crippen LogP contribution in [0.1, 0.15) is 48.7 Å². The third-order valence-corrected chi connectivity index (χ3v) is 6.23. The van der Waals surface area contributed by atoms with Crippen LogP contribution in [0.5, 0.6) is 0 Å². The molecule has 5 nitrogen and oxygen atoms in total. The zero-order valence-electron chi connectivity index (χ0n) is 16.2. The summed E-state index contributed by atoms with van der Waals surface area (Å²) >= 11 is 0. The number of hydrogen-bond donors (Lipinski definition) is 1. The zero-order valence-corrected chi connectivity index (χ0v) is 16.2. The predicted molar refractivity (Wildman–Crippen MR) is 104 cm³/mol. The molecule has 0 amide bonds. The summed E-state index contributed by atoms with van der Waals surface area (Å²) in [6.07, 6.45) is 0.802. The van der Waals surface area contributed by atoms with E-state index in [0.29, 0.717) is 23.3 Å². The third-order valence-electron chi connectivity index (χ3n) is 6.23. The Hall–Kier alpha value is -2.74. The van der Waals surface area contributed by atoms with Crippen molar-refractivity contribution >= 4 is 0 Å². The van der Waals surface area contributed by atoms with E-state index in [4.69, 9.17) is 4.52 Å². The summed E-state index contributed by atoms with van der Waals surface area (Å²) in [4.78, 5) is 7.97. The molecule has 0 spiro atoms. The predicted octanol–water partition coefficient (Wildman–Crippen LogP) is 4.72. The van der Waals surface area contributed by atoms with Crippen molar-refractivity contribution in [3.8, 4) is 11.5 Å². The molecule has 2 aliphatic rings. The first kappa shape index (κ1) is 19.2. The second-order valence-electron chi connectivity index (χ2n) is 8.23. The van der Waals surface area contributed by atoms with Crippen LogP contribution in [0.15, 0.2) is 53.2 Å². The van der Waals surface area contributed by atoms with Crippen LogP contribution >= 0.6 is 0 Å². The van der Waals surface area contributed by atoms with E-state index >= 15 is 0 Å². The van der Waals surface area contributed by atoms with Gasteiger partial charge in [-0.05, 0) is 37.0 Å². The Morgan fingerprint density at radius 2 is 1.90 bits per heavy atom. The molecule has 1 N–H and O–H groups in total. The van der Waals surface area contributed by atoms with Gasteiger partial charge in [0.1, 0.15) is 5.69 Å². The van der Waals surface area contributed by atoms with E-state index < -0.39 is 11.9 Å². The minimum atomic E-state index is -4.47. The Morgan fingerprint density at radius 1 is 1.10 bits per heavy atom. The molecule has 156 valence electrons. The number of alkyl halides is 3. The summed E-state index contributed by atoms with van der Waals surface area (Å²) in [5.74, 6) is 1.36. The molecule has 3 aromatic rings. The molecule has 30 heavy (non-hydrogen) atoms. The number of aromatic nitrogens is 3. The first-order chi connectivity index (χ1) is 14.4. The summed E-state index contributed by atoms with van der Waals surface area (Å²) in [6.45, 7) is 0.769. The van der Waals surface area contributed by atoms with Gasteiger partial charge in [0.05, 0.1) is 5.56 Å². The fraction of sp³-hybridized carbons (Fsp3) is 0.409. The fourth-order valence-electron chi connectivity index (χ4n) is 4.14. The number of halogens is 3. The van der Waals surface area contributed by atoms with Crippen LogP contribution in [0.2, 0.25) is 0 Å². The lowest BCUT2D eigenvalue weighted by Gasteiger charge is -2.39. The molecule has 0 saturated heterocycles. The lowest BCUT2D eigenvalue weighted by Crippen LogP contribution is -2.45. The van der Waals surface area contributed by atoms with Gasteiger partial charge < -0.3 is 9.84 Å². The third kappa shape index (κ3) is 3.60. The monoisotopic (exact) mass is 414 g/mol.